The van der Waals surface area contributed by atoms with Gasteiger partial charge in [-0.25, -0.2) is 9.97 Å². The Hall–Kier alpha value is -1.72. The van der Waals surface area contributed by atoms with Crippen molar-refractivity contribution >= 4 is 40.1 Å². The second-order valence-corrected chi connectivity index (χ2v) is 10.4. The van der Waals surface area contributed by atoms with E-state index in [1.807, 2.05) is 61.8 Å². The Morgan fingerprint density at radius 1 is 0.844 bits per heavy atom. The number of aliphatic hydroxyl groups is 2. The number of β-amino-alcohol motifs (C(OH)–C–C–N with tert-alkyl or cyclic N) is 2. The van der Waals surface area contributed by atoms with Gasteiger partial charge in [0.25, 0.3) is 0 Å². The number of aromatic nitrogens is 2. The van der Waals surface area contributed by atoms with E-state index in [0.717, 1.165) is 21.6 Å². The molecule has 2 aromatic heterocycles. The lowest BCUT2D eigenvalue weighted by atomic mass is 9.80. The van der Waals surface area contributed by atoms with E-state index in [4.69, 9.17) is 14.4 Å². The topological polar surface area (TPSA) is 91.2 Å². The van der Waals surface area contributed by atoms with E-state index in [1.165, 1.54) is 0 Å². The number of hydrogen-bond donors (Lipinski definition) is 2. The highest BCUT2D eigenvalue weighted by Crippen LogP contribution is 2.36. The molecule has 5 rings (SSSR count). The molecule has 10 heteroatoms. The first-order valence-electron chi connectivity index (χ1n) is 10.8. The largest absolute Gasteiger partial charge is 0.496 e. The fourth-order valence-corrected chi connectivity index (χ4v) is 3.78. The van der Waals surface area contributed by atoms with Gasteiger partial charge < -0.3 is 29.3 Å². The lowest BCUT2D eigenvalue weighted by Gasteiger charge is -2.36. The standard InChI is InChI=1S/C14H21BN2O3.C8H9BrN2O/c1-13(2)14(3,4)20-15(19-13)10-5-6-12(16-7-10)17-8-11(18)9-17;9-6-1-2-8(10-3-6)11-4-7(12)5-11/h5-7,11,18H,8-9H2,1-4H3;1-3,7,12H,4-5H2. The third kappa shape index (κ3) is 4.94. The molecule has 0 aromatic carbocycles. The van der Waals surface area contributed by atoms with Gasteiger partial charge in [0.1, 0.15) is 11.6 Å². The summed E-state index contributed by atoms with van der Waals surface area (Å²) in [7, 11) is -0.372. The lowest BCUT2D eigenvalue weighted by molar-refractivity contribution is 0.00578. The summed E-state index contributed by atoms with van der Waals surface area (Å²) in [6.45, 7) is 10.9. The van der Waals surface area contributed by atoms with Crippen LogP contribution in [-0.2, 0) is 9.31 Å². The third-order valence-corrected chi connectivity index (χ3v) is 6.85. The van der Waals surface area contributed by atoms with Crippen molar-refractivity contribution in [2.75, 3.05) is 36.0 Å². The summed E-state index contributed by atoms with van der Waals surface area (Å²) in [5.41, 5.74) is 0.254. The molecule has 2 aromatic rings. The van der Waals surface area contributed by atoms with Crippen LogP contribution in [0.1, 0.15) is 27.7 Å². The van der Waals surface area contributed by atoms with Gasteiger partial charge in [0.05, 0.1) is 23.4 Å². The molecule has 8 nitrogen and oxygen atoms in total. The maximum Gasteiger partial charge on any atom is 0.496 e. The van der Waals surface area contributed by atoms with Crippen molar-refractivity contribution in [3.63, 3.8) is 0 Å². The van der Waals surface area contributed by atoms with Gasteiger partial charge in [0, 0.05) is 48.5 Å². The van der Waals surface area contributed by atoms with Gasteiger partial charge in [0.15, 0.2) is 0 Å². The van der Waals surface area contributed by atoms with Crippen molar-refractivity contribution in [1.82, 2.24) is 9.97 Å². The first kappa shape index (κ1) is 23.4. The molecule has 0 saturated carbocycles. The minimum Gasteiger partial charge on any atom is -0.399 e. The maximum absolute atomic E-state index is 9.31. The van der Waals surface area contributed by atoms with Crippen LogP contribution in [-0.4, -0.2) is 76.9 Å². The lowest BCUT2D eigenvalue weighted by Crippen LogP contribution is -2.51. The van der Waals surface area contributed by atoms with Crippen molar-refractivity contribution in [1.29, 1.82) is 0 Å². The van der Waals surface area contributed by atoms with Gasteiger partial charge >= 0.3 is 7.12 Å². The van der Waals surface area contributed by atoms with Gasteiger partial charge in [-0.2, -0.15) is 0 Å². The molecule has 0 unspecified atom stereocenters. The van der Waals surface area contributed by atoms with Crippen molar-refractivity contribution in [3.8, 4) is 0 Å². The van der Waals surface area contributed by atoms with Gasteiger partial charge in [-0.15, -0.1) is 0 Å². The van der Waals surface area contributed by atoms with Crippen LogP contribution < -0.4 is 15.3 Å². The molecule has 0 amide bonds. The molecule has 0 atom stereocenters. The molecule has 0 spiro atoms. The highest BCUT2D eigenvalue weighted by Gasteiger charge is 2.51. The minimum atomic E-state index is -0.372. The smallest absolute Gasteiger partial charge is 0.399 e. The van der Waals surface area contributed by atoms with E-state index in [-0.39, 0.29) is 30.5 Å². The molecule has 3 aliphatic heterocycles. The molecule has 3 fully saturated rings. The minimum absolute atomic E-state index is 0.171. The van der Waals surface area contributed by atoms with E-state index >= 15 is 0 Å². The second kappa shape index (κ2) is 8.91. The van der Waals surface area contributed by atoms with Crippen molar-refractivity contribution in [3.05, 3.63) is 41.1 Å². The fraction of sp³-hybridized carbons (Fsp3) is 0.545. The second-order valence-electron chi connectivity index (χ2n) is 9.49. The fourth-order valence-electron chi connectivity index (χ4n) is 3.54. The zero-order valence-electron chi connectivity index (χ0n) is 18.9. The molecule has 5 heterocycles. The highest BCUT2D eigenvalue weighted by molar-refractivity contribution is 9.10. The zero-order valence-corrected chi connectivity index (χ0v) is 20.5. The van der Waals surface area contributed by atoms with Crippen LogP contribution in [0.3, 0.4) is 0 Å². The Morgan fingerprint density at radius 2 is 1.31 bits per heavy atom. The predicted molar refractivity (Wildman–Crippen MR) is 128 cm³/mol. The molecule has 0 bridgehead atoms. The predicted octanol–water partition coefficient (Wildman–Crippen LogP) is 1.59. The average Bonchev–Trinajstić information content (AvgIpc) is 2.92. The third-order valence-electron chi connectivity index (χ3n) is 6.38. The van der Waals surface area contributed by atoms with Gasteiger partial charge in [-0.3, -0.25) is 0 Å². The molecular formula is C22H30BBrN4O4. The quantitative estimate of drug-likeness (QED) is 0.609. The number of rotatable bonds is 3. The Balaban J connectivity index is 0.000000174. The Kier molecular flexibility index (Phi) is 6.53. The zero-order chi connectivity index (χ0) is 23.1. The summed E-state index contributed by atoms with van der Waals surface area (Å²) >= 11 is 3.32. The van der Waals surface area contributed by atoms with Gasteiger partial charge in [-0.1, -0.05) is 6.07 Å². The summed E-state index contributed by atoms with van der Waals surface area (Å²) in [6, 6.07) is 7.82. The van der Waals surface area contributed by atoms with Gasteiger partial charge in [-0.05, 0) is 61.8 Å². The average molecular weight is 505 g/mol. The molecule has 0 radical (unpaired) electrons. The number of aliphatic hydroxyl groups excluding tert-OH is 2. The van der Waals surface area contributed by atoms with E-state index in [9.17, 15) is 5.11 Å². The van der Waals surface area contributed by atoms with Crippen molar-refractivity contribution in [2.45, 2.75) is 51.1 Å². The number of hydrogen-bond acceptors (Lipinski definition) is 8. The van der Waals surface area contributed by atoms with Crippen molar-refractivity contribution in [2.24, 2.45) is 0 Å². The van der Waals surface area contributed by atoms with Crippen LogP contribution >= 0.6 is 15.9 Å². The first-order chi connectivity index (χ1) is 15.0. The number of anilines is 2. The Labute approximate surface area is 197 Å². The van der Waals surface area contributed by atoms with E-state index < -0.39 is 0 Å². The van der Waals surface area contributed by atoms with E-state index in [1.54, 1.807) is 12.4 Å². The molecule has 172 valence electrons. The van der Waals surface area contributed by atoms with Crippen LogP contribution in [0.4, 0.5) is 11.6 Å². The molecule has 2 N–H and O–H groups in total. The van der Waals surface area contributed by atoms with E-state index in [0.29, 0.717) is 26.2 Å². The van der Waals surface area contributed by atoms with Crippen LogP contribution in [0.25, 0.3) is 0 Å². The maximum atomic E-state index is 9.31. The molecular weight excluding hydrogens is 475 g/mol. The van der Waals surface area contributed by atoms with Crippen molar-refractivity contribution < 1.29 is 19.5 Å². The summed E-state index contributed by atoms with van der Waals surface area (Å²) in [5.74, 6) is 1.82. The Morgan fingerprint density at radius 3 is 1.69 bits per heavy atom. The van der Waals surface area contributed by atoms with Gasteiger partial charge in [0.2, 0.25) is 0 Å². The SMILES string of the molecule is CC1(C)OB(c2ccc(N3CC(O)C3)nc2)OC1(C)C.OC1CN(c2ccc(Br)cn2)C1. The molecule has 3 aliphatic rings. The first-order valence-corrected chi connectivity index (χ1v) is 11.6. The molecule has 32 heavy (non-hydrogen) atoms. The van der Waals surface area contributed by atoms with Crippen LogP contribution in [0.15, 0.2) is 41.1 Å². The monoisotopic (exact) mass is 504 g/mol. The number of pyridine rings is 2. The van der Waals surface area contributed by atoms with Crippen LogP contribution in [0, 0.1) is 0 Å². The molecule has 3 saturated heterocycles. The highest BCUT2D eigenvalue weighted by atomic mass is 79.9. The number of halogens is 1. The molecule has 0 aliphatic carbocycles. The summed E-state index contributed by atoms with van der Waals surface area (Å²) in [6.07, 6.45) is 3.16. The normalized spacial score (nSPS) is 22.2. The number of nitrogens with zero attached hydrogens (tertiary/aromatic N) is 4. The Bertz CT molecular complexity index is 901. The summed E-state index contributed by atoms with van der Waals surface area (Å²) in [4.78, 5) is 12.7. The summed E-state index contributed by atoms with van der Waals surface area (Å²) in [5, 5.41) is 18.4. The van der Waals surface area contributed by atoms with Crippen LogP contribution in [0.2, 0.25) is 0 Å². The summed E-state index contributed by atoms with van der Waals surface area (Å²) < 4.78 is 13.0. The van der Waals surface area contributed by atoms with Crippen LogP contribution in [0.5, 0.6) is 0 Å². The van der Waals surface area contributed by atoms with E-state index in [2.05, 4.69) is 25.9 Å².